The first-order chi connectivity index (χ1) is 12.1. The van der Waals surface area contributed by atoms with Crippen molar-refractivity contribution in [1.29, 1.82) is 0 Å². The molecule has 0 spiro atoms. The van der Waals surface area contributed by atoms with Gasteiger partial charge in [-0.3, -0.25) is 0 Å². The third-order valence-corrected chi connectivity index (χ3v) is 4.74. The van der Waals surface area contributed by atoms with E-state index in [4.69, 9.17) is 9.47 Å². The van der Waals surface area contributed by atoms with Crippen LogP contribution in [0.4, 0.5) is 4.79 Å². The Hall–Kier alpha value is -2.50. The summed E-state index contributed by atoms with van der Waals surface area (Å²) in [5.41, 5.74) is 1.75. The van der Waals surface area contributed by atoms with Gasteiger partial charge in [0.05, 0.1) is 18.7 Å². The second kappa shape index (κ2) is 7.59. The van der Waals surface area contributed by atoms with Gasteiger partial charge in [-0.2, -0.15) is 0 Å². The van der Waals surface area contributed by atoms with Gasteiger partial charge in [0, 0.05) is 5.70 Å². The fourth-order valence-corrected chi connectivity index (χ4v) is 3.43. The van der Waals surface area contributed by atoms with Crippen molar-refractivity contribution in [2.75, 3.05) is 7.11 Å². The van der Waals surface area contributed by atoms with Crippen molar-refractivity contribution in [2.45, 2.75) is 51.2 Å². The minimum atomic E-state index is -0.556. The van der Waals surface area contributed by atoms with Crippen molar-refractivity contribution >= 4 is 12.0 Å². The molecule has 0 unspecified atom stereocenters. The topological polar surface area (TPSA) is 76.7 Å². The number of nitrogens with one attached hydrogen (secondary N) is 2. The van der Waals surface area contributed by atoms with E-state index in [1.807, 2.05) is 24.3 Å². The first kappa shape index (κ1) is 17.3. The molecule has 1 heterocycles. The summed E-state index contributed by atoms with van der Waals surface area (Å²) in [5, 5.41) is 5.49. The van der Waals surface area contributed by atoms with Crippen LogP contribution in [0, 0.1) is 0 Å². The molecule has 6 heteroatoms. The summed E-state index contributed by atoms with van der Waals surface area (Å²) in [6, 6.07) is 6.45. The van der Waals surface area contributed by atoms with Gasteiger partial charge in [-0.15, -0.1) is 0 Å². The molecule has 2 amide bonds. The van der Waals surface area contributed by atoms with E-state index in [-0.39, 0.29) is 18.1 Å². The first-order valence-corrected chi connectivity index (χ1v) is 8.71. The Morgan fingerprint density at radius 3 is 2.68 bits per heavy atom. The van der Waals surface area contributed by atoms with Gasteiger partial charge >= 0.3 is 12.0 Å². The number of amides is 2. The Kier molecular flexibility index (Phi) is 5.26. The molecule has 25 heavy (non-hydrogen) atoms. The molecule has 1 saturated carbocycles. The largest absolute Gasteiger partial charge is 0.497 e. The van der Waals surface area contributed by atoms with Crippen LogP contribution in [0.25, 0.3) is 0 Å². The van der Waals surface area contributed by atoms with Crippen LogP contribution in [0.3, 0.4) is 0 Å². The molecule has 1 fully saturated rings. The molecule has 3 rings (SSSR count). The number of methoxy groups -OCH3 is 1. The monoisotopic (exact) mass is 344 g/mol. The van der Waals surface area contributed by atoms with Crippen LogP contribution in [0.5, 0.6) is 5.75 Å². The Morgan fingerprint density at radius 2 is 1.96 bits per heavy atom. The summed E-state index contributed by atoms with van der Waals surface area (Å²) in [6.07, 6.45) is 5.14. The molecule has 0 saturated heterocycles. The van der Waals surface area contributed by atoms with Gasteiger partial charge in [-0.05, 0) is 50.3 Å². The number of allylic oxidation sites excluding steroid dienone is 1. The highest BCUT2D eigenvalue weighted by molar-refractivity contribution is 5.95. The predicted molar refractivity (Wildman–Crippen MR) is 93.1 cm³/mol. The van der Waals surface area contributed by atoms with Gasteiger partial charge < -0.3 is 20.1 Å². The molecule has 1 aromatic rings. The molecule has 0 radical (unpaired) electrons. The predicted octanol–water partition coefficient (Wildman–Crippen LogP) is 3.20. The maximum absolute atomic E-state index is 12.8. The molecule has 1 aliphatic heterocycles. The maximum atomic E-state index is 12.8. The Morgan fingerprint density at radius 1 is 1.20 bits per heavy atom. The van der Waals surface area contributed by atoms with Gasteiger partial charge in [-0.25, -0.2) is 9.59 Å². The van der Waals surface area contributed by atoms with Crippen LogP contribution in [-0.2, 0) is 9.53 Å². The van der Waals surface area contributed by atoms with Gasteiger partial charge in [-0.1, -0.05) is 18.6 Å². The molecule has 0 aromatic heterocycles. The Balaban J connectivity index is 1.87. The second-order valence-electron chi connectivity index (χ2n) is 6.51. The van der Waals surface area contributed by atoms with Gasteiger partial charge in [0.1, 0.15) is 11.9 Å². The number of hydrogen-bond donors (Lipinski definition) is 2. The number of esters is 1. The van der Waals surface area contributed by atoms with Gasteiger partial charge in [0.15, 0.2) is 0 Å². The third kappa shape index (κ3) is 3.95. The van der Waals surface area contributed by atoms with Crippen LogP contribution < -0.4 is 15.4 Å². The number of hydrogen-bond acceptors (Lipinski definition) is 4. The summed E-state index contributed by atoms with van der Waals surface area (Å²) in [5.74, 6) is 0.299. The van der Waals surface area contributed by atoms with E-state index in [0.717, 1.165) is 31.2 Å². The highest BCUT2D eigenvalue weighted by Crippen LogP contribution is 2.31. The van der Waals surface area contributed by atoms with E-state index in [2.05, 4.69) is 10.6 Å². The molecule has 6 nitrogen and oxygen atoms in total. The number of benzene rings is 1. The maximum Gasteiger partial charge on any atom is 0.338 e. The molecule has 1 aromatic carbocycles. The van der Waals surface area contributed by atoms with Crippen LogP contribution in [0.15, 0.2) is 35.5 Å². The zero-order valence-electron chi connectivity index (χ0n) is 14.6. The van der Waals surface area contributed by atoms with E-state index in [0.29, 0.717) is 17.0 Å². The Labute approximate surface area is 147 Å². The third-order valence-electron chi connectivity index (χ3n) is 4.74. The van der Waals surface area contributed by atoms with Crippen LogP contribution in [-0.4, -0.2) is 25.2 Å². The van der Waals surface area contributed by atoms with Crippen molar-refractivity contribution < 1.29 is 19.1 Å². The zero-order chi connectivity index (χ0) is 17.8. The highest BCUT2D eigenvalue weighted by atomic mass is 16.5. The normalized spacial score (nSPS) is 21.4. The molecule has 2 aliphatic rings. The smallest absolute Gasteiger partial charge is 0.338 e. The molecule has 1 aliphatic carbocycles. The standard InChI is InChI=1S/C19H24N2O4/c1-12-16(18(22)25-14-8-4-3-5-9-14)17(21-19(23)20-12)13-7-6-10-15(11-13)24-2/h6-7,10-11,14,17H,3-5,8-9H2,1-2H3,(H2,20,21,23)/t17-/m0/s1. The lowest BCUT2D eigenvalue weighted by molar-refractivity contribution is -0.146. The van der Waals surface area contributed by atoms with Crippen molar-refractivity contribution in [3.05, 3.63) is 41.1 Å². The Bertz CT molecular complexity index is 692. The minimum Gasteiger partial charge on any atom is -0.497 e. The van der Waals surface area contributed by atoms with E-state index in [9.17, 15) is 9.59 Å². The first-order valence-electron chi connectivity index (χ1n) is 8.71. The molecule has 2 N–H and O–H groups in total. The highest BCUT2D eigenvalue weighted by Gasteiger charge is 2.33. The fraction of sp³-hybridized carbons (Fsp3) is 0.474. The lowest BCUT2D eigenvalue weighted by Crippen LogP contribution is -2.45. The number of carbonyl (C=O) groups is 2. The average Bonchev–Trinajstić information content (AvgIpc) is 2.61. The van der Waals surface area contributed by atoms with E-state index in [1.165, 1.54) is 6.42 Å². The molecule has 1 atom stereocenters. The van der Waals surface area contributed by atoms with Gasteiger partial charge in [0.25, 0.3) is 0 Å². The van der Waals surface area contributed by atoms with Crippen LogP contribution in [0.2, 0.25) is 0 Å². The fourth-order valence-electron chi connectivity index (χ4n) is 3.43. The van der Waals surface area contributed by atoms with Gasteiger partial charge in [0.2, 0.25) is 0 Å². The number of rotatable bonds is 4. The second-order valence-corrected chi connectivity index (χ2v) is 6.51. The summed E-state index contributed by atoms with van der Waals surface area (Å²) >= 11 is 0. The van der Waals surface area contributed by atoms with Crippen LogP contribution in [0.1, 0.15) is 50.6 Å². The quantitative estimate of drug-likeness (QED) is 0.823. The van der Waals surface area contributed by atoms with Crippen LogP contribution >= 0.6 is 0 Å². The summed E-state index contributed by atoms with van der Waals surface area (Å²) in [6.45, 7) is 1.73. The summed E-state index contributed by atoms with van der Waals surface area (Å²) in [4.78, 5) is 24.7. The zero-order valence-corrected chi connectivity index (χ0v) is 14.6. The van der Waals surface area contributed by atoms with E-state index < -0.39 is 6.04 Å². The number of carbonyl (C=O) groups excluding carboxylic acids is 2. The van der Waals surface area contributed by atoms with Crippen molar-refractivity contribution in [3.63, 3.8) is 0 Å². The number of ether oxygens (including phenoxy) is 2. The van der Waals surface area contributed by atoms with Crippen molar-refractivity contribution in [2.24, 2.45) is 0 Å². The number of urea groups is 1. The van der Waals surface area contributed by atoms with E-state index in [1.54, 1.807) is 14.0 Å². The molecule has 0 bridgehead atoms. The SMILES string of the molecule is COc1cccc([C@@H]2NC(=O)NC(C)=C2C(=O)OC2CCCCC2)c1. The average molecular weight is 344 g/mol. The van der Waals surface area contributed by atoms with E-state index >= 15 is 0 Å². The lowest BCUT2D eigenvalue weighted by Gasteiger charge is -2.30. The lowest BCUT2D eigenvalue weighted by atomic mass is 9.94. The minimum absolute atomic E-state index is 0.0369. The van der Waals surface area contributed by atoms with Crippen molar-refractivity contribution in [1.82, 2.24) is 10.6 Å². The summed E-state index contributed by atoms with van der Waals surface area (Å²) < 4.78 is 11.0. The summed E-state index contributed by atoms with van der Waals surface area (Å²) in [7, 11) is 1.58. The molecule has 134 valence electrons. The molecular formula is C19H24N2O4. The molecular weight excluding hydrogens is 320 g/mol. The van der Waals surface area contributed by atoms with Crippen molar-refractivity contribution in [3.8, 4) is 5.75 Å².